The van der Waals surface area contributed by atoms with Crippen molar-refractivity contribution in [1.29, 1.82) is 0 Å². The maximum Gasteiger partial charge on any atom is 0.319 e. The van der Waals surface area contributed by atoms with Crippen LogP contribution in [-0.4, -0.2) is 24.8 Å². The van der Waals surface area contributed by atoms with Crippen molar-refractivity contribution in [3.63, 3.8) is 0 Å². The summed E-state index contributed by atoms with van der Waals surface area (Å²) in [5.74, 6) is -2.01. The van der Waals surface area contributed by atoms with Crippen molar-refractivity contribution < 1.29 is 23.9 Å². The fourth-order valence-electron chi connectivity index (χ4n) is 2.72. The molecule has 0 radical (unpaired) electrons. The lowest BCUT2D eigenvalue weighted by molar-refractivity contribution is -0.179. The first-order chi connectivity index (χ1) is 11.2. The molecule has 130 valence electrons. The molecule has 1 aliphatic rings. The quantitative estimate of drug-likeness (QED) is 0.594. The van der Waals surface area contributed by atoms with Gasteiger partial charge in [0.1, 0.15) is 11.5 Å². The molecule has 0 N–H and O–H groups in total. The van der Waals surface area contributed by atoms with Crippen LogP contribution >= 0.6 is 23.2 Å². The van der Waals surface area contributed by atoms with Gasteiger partial charge in [0.05, 0.1) is 13.0 Å². The number of halogens is 2. The van der Waals surface area contributed by atoms with Crippen LogP contribution < -0.4 is 0 Å². The van der Waals surface area contributed by atoms with Crippen molar-refractivity contribution in [3.8, 4) is 0 Å². The number of hydrogen-bond donors (Lipinski definition) is 0. The summed E-state index contributed by atoms with van der Waals surface area (Å²) < 4.78 is 10.1. The molecule has 0 aromatic heterocycles. The van der Waals surface area contributed by atoms with Crippen molar-refractivity contribution in [3.05, 3.63) is 33.8 Å². The lowest BCUT2D eigenvalue weighted by Crippen LogP contribution is -2.47. The first-order valence-electron chi connectivity index (χ1n) is 7.45. The van der Waals surface area contributed by atoms with E-state index in [-0.39, 0.29) is 18.6 Å². The van der Waals surface area contributed by atoms with Gasteiger partial charge < -0.3 is 9.47 Å². The van der Waals surface area contributed by atoms with Crippen LogP contribution in [0.3, 0.4) is 0 Å². The second kappa shape index (κ2) is 7.11. The van der Waals surface area contributed by atoms with Gasteiger partial charge in [0.25, 0.3) is 0 Å². The third-order valence-electron chi connectivity index (χ3n) is 4.22. The van der Waals surface area contributed by atoms with Crippen LogP contribution in [0, 0.1) is 11.3 Å². The van der Waals surface area contributed by atoms with Gasteiger partial charge in [-0.3, -0.25) is 14.4 Å². The molecule has 7 heteroatoms. The highest BCUT2D eigenvalue weighted by atomic mass is 35.5. The molecule has 1 aromatic carbocycles. The minimum absolute atomic E-state index is 0.0439. The molecule has 0 aliphatic carbocycles. The summed E-state index contributed by atoms with van der Waals surface area (Å²) in [5, 5.41) is 0.736. The Bertz CT molecular complexity index is 684. The van der Waals surface area contributed by atoms with Crippen LogP contribution in [0.15, 0.2) is 18.2 Å². The second-order valence-electron chi connectivity index (χ2n) is 6.20. The van der Waals surface area contributed by atoms with Gasteiger partial charge in [-0.1, -0.05) is 29.3 Å². The maximum absolute atomic E-state index is 12.8. The SMILES string of the molecule is COC(=O)CC[C@@H]1C(=O)C(C)(C)C(=O)O[C@H]1c1ccc(Cl)cc1Cl. The van der Waals surface area contributed by atoms with Crippen molar-refractivity contribution in [2.45, 2.75) is 32.8 Å². The average Bonchev–Trinajstić information content (AvgIpc) is 2.52. The Morgan fingerprint density at radius 1 is 1.29 bits per heavy atom. The van der Waals surface area contributed by atoms with Gasteiger partial charge in [-0.25, -0.2) is 0 Å². The van der Waals surface area contributed by atoms with Gasteiger partial charge in [0.15, 0.2) is 5.78 Å². The normalized spacial score (nSPS) is 22.9. The molecular formula is C17H18Cl2O5. The van der Waals surface area contributed by atoms with E-state index in [4.69, 9.17) is 27.9 Å². The lowest BCUT2D eigenvalue weighted by Gasteiger charge is -2.38. The van der Waals surface area contributed by atoms with E-state index in [9.17, 15) is 14.4 Å². The van der Waals surface area contributed by atoms with Crippen LogP contribution in [0.5, 0.6) is 0 Å². The summed E-state index contributed by atoms with van der Waals surface area (Å²) in [4.78, 5) is 36.5. The summed E-state index contributed by atoms with van der Waals surface area (Å²) in [6, 6.07) is 4.76. The van der Waals surface area contributed by atoms with E-state index in [1.54, 1.807) is 12.1 Å². The zero-order valence-corrected chi connectivity index (χ0v) is 15.1. The number of benzene rings is 1. The number of ketones is 1. The molecule has 1 heterocycles. The average molecular weight is 373 g/mol. The zero-order chi connectivity index (χ0) is 18.1. The van der Waals surface area contributed by atoms with Crippen molar-refractivity contribution in [2.24, 2.45) is 11.3 Å². The van der Waals surface area contributed by atoms with Gasteiger partial charge in [0.2, 0.25) is 0 Å². The van der Waals surface area contributed by atoms with Gasteiger partial charge in [-0.2, -0.15) is 0 Å². The zero-order valence-electron chi connectivity index (χ0n) is 13.6. The summed E-state index contributed by atoms with van der Waals surface area (Å²) >= 11 is 12.1. The molecule has 0 saturated carbocycles. The predicted molar refractivity (Wildman–Crippen MR) is 88.8 cm³/mol. The maximum atomic E-state index is 12.8. The third kappa shape index (κ3) is 3.57. The van der Waals surface area contributed by atoms with Gasteiger partial charge >= 0.3 is 11.9 Å². The number of Topliss-reactive ketones (excluding diaryl/α,β-unsaturated/α-hetero) is 1. The van der Waals surface area contributed by atoms with Gasteiger partial charge in [-0.15, -0.1) is 0 Å². The molecule has 0 amide bonds. The monoisotopic (exact) mass is 372 g/mol. The first-order valence-corrected chi connectivity index (χ1v) is 8.21. The van der Waals surface area contributed by atoms with Crippen LogP contribution in [0.25, 0.3) is 0 Å². The molecule has 0 bridgehead atoms. The molecule has 0 unspecified atom stereocenters. The number of rotatable bonds is 4. The van der Waals surface area contributed by atoms with E-state index in [0.29, 0.717) is 15.6 Å². The Morgan fingerprint density at radius 2 is 1.96 bits per heavy atom. The fraction of sp³-hybridized carbons (Fsp3) is 0.471. The molecule has 5 nitrogen and oxygen atoms in total. The number of ether oxygens (including phenoxy) is 2. The summed E-state index contributed by atoms with van der Waals surface area (Å²) in [7, 11) is 1.28. The molecule has 1 fully saturated rings. The number of methoxy groups -OCH3 is 1. The number of esters is 2. The van der Waals surface area contributed by atoms with Crippen molar-refractivity contribution in [2.75, 3.05) is 7.11 Å². The second-order valence-corrected chi connectivity index (χ2v) is 7.05. The van der Waals surface area contributed by atoms with Crippen LogP contribution in [-0.2, 0) is 23.9 Å². The minimum Gasteiger partial charge on any atom is -0.469 e. The summed E-state index contributed by atoms with van der Waals surface area (Å²) in [5.41, 5.74) is -0.774. The lowest BCUT2D eigenvalue weighted by atomic mass is 9.73. The molecule has 1 aromatic rings. The van der Waals surface area contributed by atoms with E-state index in [2.05, 4.69) is 4.74 Å². The van der Waals surface area contributed by atoms with E-state index in [1.165, 1.54) is 27.0 Å². The Balaban J connectivity index is 2.39. The molecule has 24 heavy (non-hydrogen) atoms. The Morgan fingerprint density at radius 3 is 2.54 bits per heavy atom. The van der Waals surface area contributed by atoms with E-state index in [1.807, 2.05) is 0 Å². The molecular weight excluding hydrogens is 355 g/mol. The molecule has 2 rings (SSSR count). The van der Waals surface area contributed by atoms with Gasteiger partial charge in [-0.05, 0) is 32.4 Å². The molecule has 1 saturated heterocycles. The fourth-order valence-corrected chi connectivity index (χ4v) is 3.23. The van der Waals surface area contributed by atoms with E-state index in [0.717, 1.165) is 0 Å². The third-order valence-corrected chi connectivity index (χ3v) is 4.78. The smallest absolute Gasteiger partial charge is 0.319 e. The number of carbonyl (C=O) groups is 3. The van der Waals surface area contributed by atoms with Gasteiger partial charge in [0, 0.05) is 22.0 Å². The number of carbonyl (C=O) groups excluding carboxylic acids is 3. The van der Waals surface area contributed by atoms with Crippen molar-refractivity contribution in [1.82, 2.24) is 0 Å². The van der Waals surface area contributed by atoms with E-state index < -0.39 is 29.4 Å². The minimum atomic E-state index is -1.27. The topological polar surface area (TPSA) is 69.7 Å². The molecule has 2 atom stereocenters. The highest BCUT2D eigenvalue weighted by molar-refractivity contribution is 6.35. The van der Waals surface area contributed by atoms with Crippen molar-refractivity contribution >= 4 is 40.9 Å². The number of cyclic esters (lactones) is 1. The number of hydrogen-bond acceptors (Lipinski definition) is 5. The van der Waals surface area contributed by atoms with Crippen LogP contribution in [0.2, 0.25) is 10.0 Å². The van der Waals surface area contributed by atoms with E-state index >= 15 is 0 Å². The highest BCUT2D eigenvalue weighted by Crippen LogP contribution is 2.44. The van der Waals surface area contributed by atoms with Crippen LogP contribution in [0.4, 0.5) is 0 Å². The first kappa shape index (κ1) is 18.7. The Labute approximate surface area is 150 Å². The molecule has 0 spiro atoms. The summed E-state index contributed by atoms with van der Waals surface area (Å²) in [6.45, 7) is 3.03. The highest BCUT2D eigenvalue weighted by Gasteiger charge is 2.51. The standard InChI is InChI=1S/C17H18Cl2O5/c1-17(2)15(21)11(6-7-13(20)23-3)14(24-16(17)22)10-5-4-9(18)8-12(10)19/h4-5,8,11,14H,6-7H2,1-3H3/t11-,14-/m0/s1. The Hall–Kier alpha value is -1.59. The largest absolute Gasteiger partial charge is 0.469 e. The van der Waals surface area contributed by atoms with Crippen LogP contribution in [0.1, 0.15) is 38.4 Å². The summed E-state index contributed by atoms with van der Waals surface area (Å²) in [6.07, 6.45) is -0.610. The Kier molecular flexibility index (Phi) is 5.56. The predicted octanol–water partition coefficient (Wildman–Crippen LogP) is 3.76. The molecule has 1 aliphatic heterocycles.